The molecule has 0 aliphatic carbocycles. The second kappa shape index (κ2) is 9.69. The number of morpholine rings is 1. The Morgan fingerprint density at radius 2 is 1.85 bits per heavy atom. The van der Waals surface area contributed by atoms with Gasteiger partial charge in [-0.2, -0.15) is 4.98 Å². The molecule has 1 aliphatic heterocycles. The van der Waals surface area contributed by atoms with Gasteiger partial charge in [-0.1, -0.05) is 17.3 Å². The molecule has 1 aromatic heterocycles. The van der Waals surface area contributed by atoms with Crippen molar-refractivity contribution in [2.45, 2.75) is 11.8 Å². The quantitative estimate of drug-likeness (QED) is 0.532. The summed E-state index contributed by atoms with van der Waals surface area (Å²) >= 11 is 0. The van der Waals surface area contributed by atoms with E-state index in [0.717, 1.165) is 0 Å². The monoisotopic (exact) mass is 488 g/mol. The Labute approximate surface area is 196 Å². The molecule has 0 unspecified atom stereocenters. The highest BCUT2D eigenvalue weighted by Crippen LogP contribution is 2.32. The zero-order valence-electron chi connectivity index (χ0n) is 18.9. The lowest BCUT2D eigenvalue weighted by Crippen LogP contribution is -2.40. The number of aryl methyl sites for hydroxylation is 1. The summed E-state index contributed by atoms with van der Waals surface area (Å²) in [6.07, 6.45) is 0. The predicted octanol–water partition coefficient (Wildman–Crippen LogP) is 2.34. The van der Waals surface area contributed by atoms with Crippen LogP contribution in [-0.4, -0.2) is 69.9 Å². The minimum atomic E-state index is -4.00. The fraction of sp³-hybridized carbons (Fsp3) is 0.318. The molecule has 0 bridgehead atoms. The van der Waals surface area contributed by atoms with Gasteiger partial charge in [-0.3, -0.25) is 9.52 Å². The first-order chi connectivity index (χ1) is 16.3. The van der Waals surface area contributed by atoms with Gasteiger partial charge in [0.25, 0.3) is 10.0 Å². The lowest BCUT2D eigenvalue weighted by atomic mass is 10.1. The molecule has 2 aromatic carbocycles. The van der Waals surface area contributed by atoms with Crippen LogP contribution in [0.25, 0.3) is 11.4 Å². The predicted molar refractivity (Wildman–Crippen MR) is 122 cm³/mol. The molecule has 1 amide bonds. The Morgan fingerprint density at radius 3 is 2.56 bits per heavy atom. The summed E-state index contributed by atoms with van der Waals surface area (Å²) in [5, 5.41) is 3.87. The number of methoxy groups -OCH3 is 2. The first kappa shape index (κ1) is 23.5. The summed E-state index contributed by atoms with van der Waals surface area (Å²) < 4.78 is 49.8. The van der Waals surface area contributed by atoms with Crippen molar-refractivity contribution in [3.8, 4) is 22.9 Å². The largest absolute Gasteiger partial charge is 0.497 e. The number of benzene rings is 2. The van der Waals surface area contributed by atoms with Crippen LogP contribution in [0.3, 0.4) is 0 Å². The third-order valence-electron chi connectivity index (χ3n) is 5.30. The fourth-order valence-corrected chi connectivity index (χ4v) is 4.78. The smallest absolute Gasteiger partial charge is 0.316 e. The highest BCUT2D eigenvalue weighted by atomic mass is 32.2. The number of nitrogens with zero attached hydrogens (tertiary/aromatic N) is 3. The Balaban J connectivity index is 1.61. The molecule has 180 valence electrons. The molecule has 11 nitrogen and oxygen atoms in total. The molecule has 4 rings (SSSR count). The van der Waals surface area contributed by atoms with Crippen LogP contribution >= 0.6 is 0 Å². The fourth-order valence-electron chi connectivity index (χ4n) is 3.44. The molecule has 2 heterocycles. The molecule has 0 spiro atoms. The summed E-state index contributed by atoms with van der Waals surface area (Å²) in [6, 6.07) is 9.48. The second-order valence-corrected chi connectivity index (χ2v) is 9.13. The van der Waals surface area contributed by atoms with Crippen molar-refractivity contribution in [1.29, 1.82) is 0 Å². The highest BCUT2D eigenvalue weighted by molar-refractivity contribution is 7.92. The highest BCUT2D eigenvalue weighted by Gasteiger charge is 2.25. The van der Waals surface area contributed by atoms with Crippen LogP contribution < -0.4 is 14.2 Å². The van der Waals surface area contributed by atoms with Crippen LogP contribution in [0.1, 0.15) is 16.2 Å². The summed E-state index contributed by atoms with van der Waals surface area (Å²) in [7, 11) is -1.06. The van der Waals surface area contributed by atoms with Crippen LogP contribution in [0.5, 0.6) is 11.5 Å². The van der Waals surface area contributed by atoms with Gasteiger partial charge < -0.3 is 23.6 Å². The van der Waals surface area contributed by atoms with Gasteiger partial charge in [-0.15, -0.1) is 0 Å². The van der Waals surface area contributed by atoms with E-state index in [0.29, 0.717) is 48.9 Å². The first-order valence-corrected chi connectivity index (χ1v) is 11.9. The maximum Gasteiger partial charge on any atom is 0.316 e. The molecule has 0 radical (unpaired) electrons. The molecule has 34 heavy (non-hydrogen) atoms. The molecule has 1 saturated heterocycles. The third kappa shape index (κ3) is 4.82. The van der Waals surface area contributed by atoms with Crippen molar-refractivity contribution in [2.75, 3.05) is 45.2 Å². The van der Waals surface area contributed by atoms with Crippen molar-refractivity contribution in [3.05, 3.63) is 47.9 Å². The van der Waals surface area contributed by atoms with E-state index in [1.54, 1.807) is 42.2 Å². The number of hydrogen-bond acceptors (Lipinski definition) is 9. The minimum absolute atomic E-state index is 0.0220. The topological polar surface area (TPSA) is 133 Å². The Hall–Kier alpha value is -3.64. The van der Waals surface area contributed by atoms with E-state index in [9.17, 15) is 13.2 Å². The van der Waals surface area contributed by atoms with E-state index in [2.05, 4.69) is 14.9 Å². The van der Waals surface area contributed by atoms with E-state index in [1.807, 2.05) is 0 Å². The number of sulfonamides is 1. The number of hydrogen-bond donors (Lipinski definition) is 1. The van der Waals surface area contributed by atoms with Gasteiger partial charge in [0.05, 0.1) is 38.0 Å². The van der Waals surface area contributed by atoms with Crippen molar-refractivity contribution in [1.82, 2.24) is 15.0 Å². The van der Waals surface area contributed by atoms with Crippen LogP contribution in [0, 0.1) is 6.92 Å². The SMILES string of the molecule is COc1ccc(NS(=O)(=O)c2cc(-c3noc(C(=O)N4CCOCC4)n3)ccc2C)c(OC)c1. The van der Waals surface area contributed by atoms with Crippen molar-refractivity contribution < 1.29 is 31.9 Å². The van der Waals surface area contributed by atoms with Crippen LogP contribution in [0.2, 0.25) is 0 Å². The minimum Gasteiger partial charge on any atom is -0.497 e. The lowest BCUT2D eigenvalue weighted by Gasteiger charge is -2.25. The van der Waals surface area contributed by atoms with Gasteiger partial charge in [0.2, 0.25) is 5.82 Å². The van der Waals surface area contributed by atoms with Crippen LogP contribution in [-0.2, 0) is 14.8 Å². The number of anilines is 1. The number of amides is 1. The van der Waals surface area contributed by atoms with Crippen LogP contribution in [0.15, 0.2) is 45.8 Å². The molecule has 3 aromatic rings. The van der Waals surface area contributed by atoms with Gasteiger partial charge >= 0.3 is 11.8 Å². The van der Waals surface area contributed by atoms with Crippen molar-refractivity contribution >= 4 is 21.6 Å². The lowest BCUT2D eigenvalue weighted by molar-refractivity contribution is 0.0272. The maximum atomic E-state index is 13.2. The molecular formula is C22H24N4O7S. The molecule has 1 N–H and O–H groups in total. The second-order valence-electron chi connectivity index (χ2n) is 7.48. The van der Waals surface area contributed by atoms with E-state index in [4.69, 9.17) is 18.7 Å². The molecule has 1 fully saturated rings. The summed E-state index contributed by atoms with van der Waals surface area (Å²) in [5.41, 5.74) is 1.15. The van der Waals surface area contributed by atoms with E-state index in [-0.39, 0.29) is 22.3 Å². The Morgan fingerprint density at radius 1 is 1.09 bits per heavy atom. The van der Waals surface area contributed by atoms with E-state index >= 15 is 0 Å². The number of carbonyl (C=O) groups is 1. The maximum absolute atomic E-state index is 13.2. The van der Waals surface area contributed by atoms with Gasteiger partial charge in [0.1, 0.15) is 11.5 Å². The summed E-state index contributed by atoms with van der Waals surface area (Å²) in [5.74, 6) is 0.381. The molecule has 12 heteroatoms. The Kier molecular flexibility index (Phi) is 6.70. The molecule has 0 atom stereocenters. The number of aromatic nitrogens is 2. The standard InChI is InChI=1S/C22H24N4O7S/c1-14-4-5-15(20-23-21(33-24-20)22(27)26-8-10-32-11-9-26)12-19(14)34(28,29)25-17-7-6-16(30-2)13-18(17)31-3/h4-7,12-13,25H,8-11H2,1-3H3. The van der Waals surface area contributed by atoms with E-state index in [1.165, 1.54) is 20.3 Å². The summed E-state index contributed by atoms with van der Waals surface area (Å²) in [4.78, 5) is 18.4. The van der Waals surface area contributed by atoms with Gasteiger partial charge in [0.15, 0.2) is 0 Å². The molecule has 1 aliphatic rings. The van der Waals surface area contributed by atoms with Gasteiger partial charge in [0, 0.05) is 24.7 Å². The normalized spacial score (nSPS) is 14.0. The van der Waals surface area contributed by atoms with E-state index < -0.39 is 15.9 Å². The zero-order valence-corrected chi connectivity index (χ0v) is 19.7. The van der Waals surface area contributed by atoms with Crippen molar-refractivity contribution in [2.24, 2.45) is 0 Å². The van der Waals surface area contributed by atoms with Gasteiger partial charge in [-0.25, -0.2) is 8.42 Å². The number of nitrogens with one attached hydrogen (secondary N) is 1. The number of rotatable bonds is 7. The van der Waals surface area contributed by atoms with Gasteiger partial charge in [-0.05, 0) is 30.7 Å². The van der Waals surface area contributed by atoms with Crippen LogP contribution in [0.4, 0.5) is 5.69 Å². The molecular weight excluding hydrogens is 464 g/mol. The summed E-state index contributed by atoms with van der Waals surface area (Å²) in [6.45, 7) is 3.43. The average Bonchev–Trinajstić information content (AvgIpc) is 3.34. The number of ether oxygens (including phenoxy) is 3. The van der Waals surface area contributed by atoms with Crippen molar-refractivity contribution in [3.63, 3.8) is 0 Å². The molecule has 0 saturated carbocycles. The number of carbonyl (C=O) groups excluding carboxylic acids is 1. The third-order valence-corrected chi connectivity index (χ3v) is 6.80. The Bertz CT molecular complexity index is 1300. The first-order valence-electron chi connectivity index (χ1n) is 10.4. The average molecular weight is 489 g/mol. The zero-order chi connectivity index (χ0) is 24.3.